The van der Waals surface area contributed by atoms with Crippen molar-refractivity contribution in [2.75, 3.05) is 32.7 Å². The van der Waals surface area contributed by atoms with Crippen molar-refractivity contribution in [1.29, 1.82) is 0 Å². The van der Waals surface area contributed by atoms with E-state index in [2.05, 4.69) is 28.4 Å². The summed E-state index contributed by atoms with van der Waals surface area (Å²) in [5, 5.41) is 3.22. The van der Waals surface area contributed by atoms with Crippen LogP contribution in [0.2, 0.25) is 0 Å². The second-order valence-corrected chi connectivity index (χ2v) is 7.65. The second-order valence-electron chi connectivity index (χ2n) is 7.65. The van der Waals surface area contributed by atoms with Gasteiger partial charge in [0.05, 0.1) is 12.6 Å². The molecule has 28 heavy (non-hydrogen) atoms. The molecule has 4 rings (SSSR count). The zero-order chi connectivity index (χ0) is 19.3. The van der Waals surface area contributed by atoms with Gasteiger partial charge in [-0.1, -0.05) is 42.5 Å². The van der Waals surface area contributed by atoms with Crippen LogP contribution < -0.4 is 5.32 Å². The number of piperazine rings is 1. The van der Waals surface area contributed by atoms with Gasteiger partial charge in [-0.25, -0.2) is 0 Å². The van der Waals surface area contributed by atoms with Crippen LogP contribution in [-0.4, -0.2) is 54.3 Å². The van der Waals surface area contributed by atoms with E-state index in [0.29, 0.717) is 19.6 Å². The Bertz CT molecular complexity index is 829. The summed E-state index contributed by atoms with van der Waals surface area (Å²) in [6.07, 6.45) is 3.21. The molecule has 1 aliphatic carbocycles. The molecule has 5 nitrogen and oxygen atoms in total. The smallest absolute Gasteiger partial charge is 0.253 e. The highest BCUT2D eigenvalue weighted by atomic mass is 16.2. The van der Waals surface area contributed by atoms with Crippen LogP contribution in [0.3, 0.4) is 0 Å². The molecule has 146 valence electrons. The lowest BCUT2D eigenvalue weighted by Crippen LogP contribution is -2.51. The Morgan fingerprint density at radius 2 is 1.64 bits per heavy atom. The lowest BCUT2D eigenvalue weighted by Gasteiger charge is -2.35. The molecule has 0 radical (unpaired) electrons. The number of benzene rings is 2. The van der Waals surface area contributed by atoms with E-state index in [1.807, 2.05) is 41.3 Å². The maximum Gasteiger partial charge on any atom is 0.253 e. The average molecular weight is 377 g/mol. The Labute approximate surface area is 166 Å². The number of carbonyl (C=O) groups excluding carboxylic acids is 2. The highest BCUT2D eigenvalue weighted by molar-refractivity contribution is 5.94. The molecule has 1 fully saturated rings. The molecule has 1 N–H and O–H groups in total. The van der Waals surface area contributed by atoms with E-state index in [-0.39, 0.29) is 17.9 Å². The normalized spacial score (nSPS) is 19.7. The highest BCUT2D eigenvalue weighted by Crippen LogP contribution is 2.29. The van der Waals surface area contributed by atoms with Gasteiger partial charge in [0, 0.05) is 31.7 Å². The van der Waals surface area contributed by atoms with Crippen molar-refractivity contribution in [1.82, 2.24) is 15.1 Å². The van der Waals surface area contributed by atoms with Crippen LogP contribution in [0.5, 0.6) is 0 Å². The van der Waals surface area contributed by atoms with Crippen molar-refractivity contribution in [3.63, 3.8) is 0 Å². The summed E-state index contributed by atoms with van der Waals surface area (Å²) in [5.74, 6) is 0.146. The molecular weight excluding hydrogens is 350 g/mol. The molecular formula is C23H27N3O2. The lowest BCUT2D eigenvalue weighted by molar-refractivity contribution is -0.123. The molecule has 0 spiro atoms. The minimum atomic E-state index is 0.0727. The minimum Gasteiger partial charge on any atom is -0.348 e. The van der Waals surface area contributed by atoms with E-state index in [1.165, 1.54) is 11.1 Å². The molecule has 2 aromatic rings. The Balaban J connectivity index is 1.27. The summed E-state index contributed by atoms with van der Waals surface area (Å²) in [6, 6.07) is 17.9. The summed E-state index contributed by atoms with van der Waals surface area (Å²) in [6.45, 7) is 3.17. The van der Waals surface area contributed by atoms with Gasteiger partial charge < -0.3 is 10.2 Å². The monoisotopic (exact) mass is 377 g/mol. The first kappa shape index (κ1) is 18.7. The molecule has 1 saturated heterocycles. The van der Waals surface area contributed by atoms with Gasteiger partial charge in [-0.3, -0.25) is 14.5 Å². The fourth-order valence-electron chi connectivity index (χ4n) is 4.22. The molecule has 1 atom stereocenters. The van der Waals surface area contributed by atoms with Crippen molar-refractivity contribution < 1.29 is 9.59 Å². The largest absolute Gasteiger partial charge is 0.348 e. The van der Waals surface area contributed by atoms with Crippen LogP contribution in [-0.2, 0) is 11.2 Å². The Kier molecular flexibility index (Phi) is 5.72. The van der Waals surface area contributed by atoms with Crippen molar-refractivity contribution in [2.45, 2.75) is 25.3 Å². The second kappa shape index (κ2) is 8.57. The lowest BCUT2D eigenvalue weighted by atomic mass is 9.88. The van der Waals surface area contributed by atoms with Crippen molar-refractivity contribution >= 4 is 11.8 Å². The van der Waals surface area contributed by atoms with E-state index >= 15 is 0 Å². The molecule has 1 heterocycles. The number of nitrogens with one attached hydrogen (secondary N) is 1. The van der Waals surface area contributed by atoms with E-state index in [4.69, 9.17) is 0 Å². The minimum absolute atomic E-state index is 0.0727. The molecule has 2 aliphatic rings. The topological polar surface area (TPSA) is 52.7 Å². The molecule has 0 unspecified atom stereocenters. The fourth-order valence-corrected chi connectivity index (χ4v) is 4.22. The third-order valence-electron chi connectivity index (χ3n) is 5.75. The molecule has 5 heteroatoms. The van der Waals surface area contributed by atoms with Crippen LogP contribution in [0.25, 0.3) is 0 Å². The van der Waals surface area contributed by atoms with E-state index in [0.717, 1.165) is 37.9 Å². The number of amides is 2. The van der Waals surface area contributed by atoms with Crippen molar-refractivity contribution in [2.24, 2.45) is 0 Å². The molecule has 0 saturated carbocycles. The van der Waals surface area contributed by atoms with E-state index < -0.39 is 0 Å². The number of nitrogens with zero attached hydrogens (tertiary/aromatic N) is 2. The first-order valence-electron chi connectivity index (χ1n) is 10.1. The Morgan fingerprint density at radius 1 is 0.929 bits per heavy atom. The van der Waals surface area contributed by atoms with Gasteiger partial charge in [-0.2, -0.15) is 0 Å². The number of aryl methyl sites for hydroxylation is 1. The molecule has 0 bridgehead atoms. The van der Waals surface area contributed by atoms with Crippen molar-refractivity contribution in [3.05, 3.63) is 71.3 Å². The standard InChI is InChI=1S/C23H27N3O2/c27-22(24-21-12-6-10-18-7-4-5-11-20(18)21)17-25-13-15-26(16-14-25)23(28)19-8-2-1-3-9-19/h1-5,7-9,11,21H,6,10,12-17H2,(H,24,27)/t21-/m1/s1. The van der Waals surface area contributed by atoms with E-state index in [1.54, 1.807) is 0 Å². The van der Waals surface area contributed by atoms with Gasteiger partial charge in [0.15, 0.2) is 0 Å². The molecule has 1 aliphatic heterocycles. The summed E-state index contributed by atoms with van der Waals surface area (Å²) >= 11 is 0. The number of carbonyl (C=O) groups is 2. The SMILES string of the molecule is O=C(CN1CCN(C(=O)c2ccccc2)CC1)N[C@@H]1CCCc2ccccc21. The highest BCUT2D eigenvalue weighted by Gasteiger charge is 2.25. The molecule has 2 aromatic carbocycles. The summed E-state index contributed by atoms with van der Waals surface area (Å²) in [5.41, 5.74) is 3.34. The Morgan fingerprint density at radius 3 is 2.43 bits per heavy atom. The summed E-state index contributed by atoms with van der Waals surface area (Å²) in [7, 11) is 0. The number of rotatable bonds is 4. The maximum atomic E-state index is 12.6. The molecule has 0 aromatic heterocycles. The molecule has 2 amide bonds. The maximum absolute atomic E-state index is 12.6. The van der Waals surface area contributed by atoms with Crippen LogP contribution in [0.15, 0.2) is 54.6 Å². The van der Waals surface area contributed by atoms with Gasteiger partial charge in [-0.15, -0.1) is 0 Å². The van der Waals surface area contributed by atoms with Crippen LogP contribution >= 0.6 is 0 Å². The Hall–Kier alpha value is -2.66. The van der Waals surface area contributed by atoms with Gasteiger partial charge in [0.2, 0.25) is 5.91 Å². The van der Waals surface area contributed by atoms with Gasteiger partial charge in [0.1, 0.15) is 0 Å². The fraction of sp³-hybridized carbons (Fsp3) is 0.391. The van der Waals surface area contributed by atoms with Crippen LogP contribution in [0.1, 0.15) is 40.4 Å². The van der Waals surface area contributed by atoms with Gasteiger partial charge in [-0.05, 0) is 42.5 Å². The first-order valence-corrected chi connectivity index (χ1v) is 10.1. The van der Waals surface area contributed by atoms with Gasteiger partial charge >= 0.3 is 0 Å². The summed E-state index contributed by atoms with van der Waals surface area (Å²) in [4.78, 5) is 29.1. The zero-order valence-electron chi connectivity index (χ0n) is 16.1. The third-order valence-corrected chi connectivity index (χ3v) is 5.75. The van der Waals surface area contributed by atoms with Crippen LogP contribution in [0, 0.1) is 0 Å². The van der Waals surface area contributed by atoms with Gasteiger partial charge in [0.25, 0.3) is 5.91 Å². The number of hydrogen-bond donors (Lipinski definition) is 1. The van der Waals surface area contributed by atoms with Crippen LogP contribution in [0.4, 0.5) is 0 Å². The predicted octanol–water partition coefficient (Wildman–Crippen LogP) is 2.64. The summed E-state index contributed by atoms with van der Waals surface area (Å²) < 4.78 is 0. The third kappa shape index (κ3) is 4.25. The quantitative estimate of drug-likeness (QED) is 0.891. The predicted molar refractivity (Wildman–Crippen MR) is 109 cm³/mol. The average Bonchev–Trinajstić information content (AvgIpc) is 2.75. The number of fused-ring (bicyclic) bond motifs is 1. The zero-order valence-corrected chi connectivity index (χ0v) is 16.1. The van der Waals surface area contributed by atoms with Crippen molar-refractivity contribution in [3.8, 4) is 0 Å². The van der Waals surface area contributed by atoms with E-state index in [9.17, 15) is 9.59 Å². The number of hydrogen-bond acceptors (Lipinski definition) is 3. The first-order chi connectivity index (χ1) is 13.7.